The third-order valence-corrected chi connectivity index (χ3v) is 8.78. The number of aliphatic hydroxyl groups is 1. The lowest BCUT2D eigenvalue weighted by atomic mass is 9.83. The van der Waals surface area contributed by atoms with Crippen LogP contribution in [0.25, 0.3) is 0 Å². The molecule has 8 atom stereocenters. The van der Waals surface area contributed by atoms with E-state index in [1.807, 2.05) is 32.1 Å². The lowest BCUT2D eigenvalue weighted by Crippen LogP contribution is -2.63. The highest BCUT2D eigenvalue weighted by atomic mass is 35.5. The topological polar surface area (TPSA) is 157 Å². The Hall–Kier alpha value is -3.16. The van der Waals surface area contributed by atoms with E-state index in [2.05, 4.69) is 16.0 Å². The summed E-state index contributed by atoms with van der Waals surface area (Å²) >= 11 is 6.13. The zero-order valence-corrected chi connectivity index (χ0v) is 27.9. The van der Waals surface area contributed by atoms with Gasteiger partial charge in [-0.2, -0.15) is 0 Å². The van der Waals surface area contributed by atoms with Gasteiger partial charge in [-0.1, -0.05) is 48.4 Å². The summed E-state index contributed by atoms with van der Waals surface area (Å²) in [5.41, 5.74) is -0.749. The van der Waals surface area contributed by atoms with Crippen molar-refractivity contribution < 1.29 is 43.2 Å². The molecule has 2 aliphatic rings. The lowest BCUT2D eigenvalue weighted by molar-refractivity contribution is -0.155. The fourth-order valence-corrected chi connectivity index (χ4v) is 5.68. The number of methoxy groups -OCH3 is 2. The van der Waals surface area contributed by atoms with Gasteiger partial charge >= 0.3 is 12.1 Å². The highest BCUT2D eigenvalue weighted by Gasteiger charge is 2.64. The fraction of sp³-hybridized carbons (Fsp3) is 0.594. The number of epoxide rings is 1. The molecule has 0 saturated carbocycles. The van der Waals surface area contributed by atoms with Crippen molar-refractivity contribution in [3.63, 3.8) is 0 Å². The summed E-state index contributed by atoms with van der Waals surface area (Å²) in [6.07, 6.45) is 1.95. The van der Waals surface area contributed by atoms with Gasteiger partial charge in [0.15, 0.2) is 5.72 Å². The van der Waals surface area contributed by atoms with Gasteiger partial charge in [0, 0.05) is 26.5 Å². The number of alkyl carbamates (subject to hydrolysis) is 1. The monoisotopic (exact) mass is 651 g/mol. The quantitative estimate of drug-likeness (QED) is 0.126. The van der Waals surface area contributed by atoms with Gasteiger partial charge in [-0.05, 0) is 51.9 Å². The normalized spacial score (nSPS) is 27.5. The van der Waals surface area contributed by atoms with E-state index in [1.165, 1.54) is 14.2 Å². The molecule has 2 heterocycles. The van der Waals surface area contributed by atoms with Crippen molar-refractivity contribution in [3.05, 3.63) is 52.6 Å². The van der Waals surface area contributed by atoms with Crippen LogP contribution in [0, 0.1) is 5.92 Å². The molecule has 250 valence electrons. The molecule has 45 heavy (non-hydrogen) atoms. The number of hydrogen-bond acceptors (Lipinski definition) is 10. The van der Waals surface area contributed by atoms with Crippen LogP contribution in [0.15, 0.2) is 42.0 Å². The van der Waals surface area contributed by atoms with E-state index in [-0.39, 0.29) is 18.7 Å². The number of hydrogen-bond donors (Lipinski definition) is 4. The summed E-state index contributed by atoms with van der Waals surface area (Å²) in [4.78, 5) is 37.5. The van der Waals surface area contributed by atoms with E-state index < -0.39 is 59.8 Å². The van der Waals surface area contributed by atoms with Crippen LogP contribution in [0.2, 0.25) is 5.02 Å². The van der Waals surface area contributed by atoms with Gasteiger partial charge in [-0.3, -0.25) is 14.9 Å². The summed E-state index contributed by atoms with van der Waals surface area (Å²) in [7, 11) is 6.13. The molecule has 12 nitrogen and oxygen atoms in total. The van der Waals surface area contributed by atoms with Crippen LogP contribution in [0.1, 0.15) is 46.1 Å². The first-order chi connectivity index (χ1) is 21.2. The summed E-state index contributed by atoms with van der Waals surface area (Å²) in [6, 6.07) is 5.00. The van der Waals surface area contributed by atoms with Crippen molar-refractivity contribution in [2.24, 2.45) is 5.92 Å². The third-order valence-electron chi connectivity index (χ3n) is 8.47. The number of benzene rings is 1. The van der Waals surface area contributed by atoms with Crippen molar-refractivity contribution in [2.45, 2.75) is 88.7 Å². The number of nitrogens with one attached hydrogen (secondary N) is 3. The molecule has 2 amide bonds. The van der Waals surface area contributed by atoms with Crippen molar-refractivity contribution >= 4 is 29.6 Å². The molecule has 3 rings (SSSR count). The van der Waals surface area contributed by atoms with Crippen LogP contribution in [-0.4, -0.2) is 93.2 Å². The molecule has 0 radical (unpaired) electrons. The Bertz CT molecular complexity index is 1290. The maximum absolute atomic E-state index is 12.7. The van der Waals surface area contributed by atoms with Gasteiger partial charge in [0.2, 0.25) is 5.91 Å². The minimum absolute atomic E-state index is 0.0113. The van der Waals surface area contributed by atoms with E-state index in [9.17, 15) is 19.5 Å². The van der Waals surface area contributed by atoms with Gasteiger partial charge in [0.1, 0.15) is 35.7 Å². The van der Waals surface area contributed by atoms with Crippen LogP contribution in [0.5, 0.6) is 5.75 Å². The van der Waals surface area contributed by atoms with Crippen LogP contribution in [0.4, 0.5) is 4.79 Å². The zero-order chi connectivity index (χ0) is 33.5. The maximum Gasteiger partial charge on any atom is 0.409 e. The number of rotatable bonds is 15. The van der Waals surface area contributed by atoms with E-state index >= 15 is 0 Å². The second-order valence-corrected chi connectivity index (χ2v) is 12.2. The first-order valence-electron chi connectivity index (χ1n) is 14.9. The molecule has 7 unspecified atom stereocenters. The first kappa shape index (κ1) is 36.3. The fourth-order valence-electron chi connectivity index (χ4n) is 5.49. The Kier molecular flexibility index (Phi) is 12.4. The van der Waals surface area contributed by atoms with Crippen molar-refractivity contribution in [1.29, 1.82) is 0 Å². The number of allylic oxidation sites excluding steroid dienone is 3. The molecule has 2 fully saturated rings. The molecule has 0 aromatic heterocycles. The highest BCUT2D eigenvalue weighted by Crippen LogP contribution is 2.48. The average Bonchev–Trinajstić information content (AvgIpc) is 3.70. The zero-order valence-electron chi connectivity index (χ0n) is 27.1. The van der Waals surface area contributed by atoms with E-state index in [0.29, 0.717) is 17.2 Å². The molecule has 1 aromatic rings. The number of amides is 2. The van der Waals surface area contributed by atoms with Gasteiger partial charge < -0.3 is 39.4 Å². The predicted octanol–water partition coefficient (Wildman–Crippen LogP) is 3.05. The van der Waals surface area contributed by atoms with E-state index in [4.69, 9.17) is 35.3 Å². The standard InChI is InChI=1S/C32H46ClN3O9/c1-18(14-21-12-13-22(33)23(15-21)41-7)10-9-11-25(42-8)32(40)17-24(43-30(39)36-32)19(2)28-31(4,45-28)26(16-27(37)35-6)44-29(38)20(3)34-5/h9-13,15,19-20,24-26,28,34,40H,14,16-17H2,1-8H3,(H,35,37)(H,36,39)/b11-9+,18-10+/t19?,20-,24?,25?,26?,28?,31?,32?/m0/s1. The number of ether oxygens (including phenoxy) is 5. The largest absolute Gasteiger partial charge is 0.495 e. The number of cyclic esters (lactones) is 1. The summed E-state index contributed by atoms with van der Waals surface area (Å²) in [5.74, 6) is -0.673. The lowest BCUT2D eigenvalue weighted by Gasteiger charge is -2.42. The van der Waals surface area contributed by atoms with Gasteiger partial charge in [0.05, 0.1) is 24.7 Å². The molecule has 13 heteroatoms. The molecule has 2 aliphatic heterocycles. The second-order valence-electron chi connectivity index (χ2n) is 11.8. The molecule has 1 aromatic carbocycles. The Morgan fingerprint density at radius 2 is 1.98 bits per heavy atom. The van der Waals surface area contributed by atoms with Crippen LogP contribution in [0.3, 0.4) is 0 Å². The Labute approximate surface area is 269 Å². The smallest absolute Gasteiger partial charge is 0.409 e. The first-order valence-corrected chi connectivity index (χ1v) is 15.3. The molecule has 2 saturated heterocycles. The van der Waals surface area contributed by atoms with Gasteiger partial charge in [-0.15, -0.1) is 0 Å². The SMILES string of the molecule is CNC(=O)CC(OC(=O)[C@H](C)NC)C1(C)OC1C(C)C1CC(O)(C(/C=C/C=C(\C)Cc2ccc(Cl)c(OC)c2)OC)NC(=O)O1. The van der Waals surface area contributed by atoms with Crippen LogP contribution in [-0.2, 0) is 35.0 Å². The third kappa shape index (κ3) is 8.98. The van der Waals surface area contributed by atoms with Gasteiger partial charge in [-0.25, -0.2) is 4.79 Å². The van der Waals surface area contributed by atoms with Crippen molar-refractivity contribution in [3.8, 4) is 5.75 Å². The number of likely N-dealkylation sites (N-methyl/N-ethyl adjacent to an activating group) is 1. The minimum atomic E-state index is -1.79. The Morgan fingerprint density at radius 3 is 2.60 bits per heavy atom. The van der Waals surface area contributed by atoms with Gasteiger partial charge in [0.25, 0.3) is 0 Å². The number of carbonyl (C=O) groups excluding carboxylic acids is 3. The van der Waals surface area contributed by atoms with Crippen molar-refractivity contribution in [2.75, 3.05) is 28.3 Å². The Morgan fingerprint density at radius 1 is 1.27 bits per heavy atom. The number of carbonyl (C=O) groups is 3. The second kappa shape index (κ2) is 15.4. The molecule has 0 aliphatic carbocycles. The molecular weight excluding hydrogens is 606 g/mol. The molecular formula is C32H46ClN3O9. The summed E-state index contributed by atoms with van der Waals surface area (Å²) in [5, 5.41) is 20.0. The van der Waals surface area contributed by atoms with Crippen LogP contribution >= 0.6 is 11.6 Å². The van der Waals surface area contributed by atoms with E-state index in [1.54, 1.807) is 46.2 Å². The molecule has 0 bridgehead atoms. The molecule has 0 spiro atoms. The number of halogens is 1. The summed E-state index contributed by atoms with van der Waals surface area (Å²) in [6.45, 7) is 7.20. The average molecular weight is 652 g/mol. The van der Waals surface area contributed by atoms with Crippen molar-refractivity contribution in [1.82, 2.24) is 16.0 Å². The maximum atomic E-state index is 12.7. The predicted molar refractivity (Wildman–Crippen MR) is 168 cm³/mol. The molecule has 4 N–H and O–H groups in total. The summed E-state index contributed by atoms with van der Waals surface area (Å²) < 4.78 is 28.2. The van der Waals surface area contributed by atoms with Crippen LogP contribution < -0.4 is 20.7 Å². The van der Waals surface area contributed by atoms with E-state index in [0.717, 1.165) is 11.1 Å². The minimum Gasteiger partial charge on any atom is -0.495 e. The highest BCUT2D eigenvalue weighted by molar-refractivity contribution is 6.32. The Balaban J connectivity index is 1.72. The number of esters is 1.